The minimum absolute atomic E-state index is 0.112. The van der Waals surface area contributed by atoms with Gasteiger partial charge in [0, 0.05) is 44.5 Å². The lowest BCUT2D eigenvalue weighted by atomic mass is 9.96. The van der Waals surface area contributed by atoms with Crippen LogP contribution in [0.4, 0.5) is 5.69 Å². The molecule has 2 saturated heterocycles. The van der Waals surface area contributed by atoms with E-state index in [1.165, 1.54) is 23.1 Å². The fourth-order valence-electron chi connectivity index (χ4n) is 5.07. The molecule has 3 aromatic rings. The number of nitrogens with zero attached hydrogens (tertiary/aromatic N) is 5. The van der Waals surface area contributed by atoms with E-state index in [2.05, 4.69) is 9.88 Å². The molecule has 4 heterocycles. The number of morpholine rings is 1. The number of imidazole rings is 1. The van der Waals surface area contributed by atoms with Crippen LogP contribution in [0.2, 0.25) is 0 Å². The van der Waals surface area contributed by atoms with E-state index in [0.717, 1.165) is 5.56 Å². The van der Waals surface area contributed by atoms with Crippen LogP contribution in [0.25, 0.3) is 11.4 Å². The topological polar surface area (TPSA) is 131 Å². The number of hydrogen-bond acceptors (Lipinski definition) is 8. The van der Waals surface area contributed by atoms with E-state index in [4.69, 9.17) is 4.74 Å². The molecule has 0 radical (unpaired) electrons. The third-order valence-corrected chi connectivity index (χ3v) is 6.94. The first-order valence-corrected chi connectivity index (χ1v) is 12.1. The third kappa shape index (κ3) is 4.36. The van der Waals surface area contributed by atoms with Gasteiger partial charge in [-0.15, -0.1) is 0 Å². The second-order valence-corrected chi connectivity index (χ2v) is 9.23. The zero-order chi connectivity index (χ0) is 26.3. The van der Waals surface area contributed by atoms with Crippen molar-refractivity contribution in [3.8, 4) is 0 Å². The number of ether oxygens (including phenoxy) is 1. The van der Waals surface area contributed by atoms with Gasteiger partial charge in [0.25, 0.3) is 17.4 Å². The van der Waals surface area contributed by atoms with Crippen LogP contribution in [0, 0.1) is 24.0 Å². The van der Waals surface area contributed by atoms with Crippen LogP contribution in [0.15, 0.2) is 48.2 Å². The third-order valence-electron chi connectivity index (χ3n) is 6.94. The van der Waals surface area contributed by atoms with E-state index in [-0.39, 0.29) is 23.6 Å². The average molecular weight is 506 g/mol. The van der Waals surface area contributed by atoms with Gasteiger partial charge in [-0.3, -0.25) is 29.0 Å². The molecule has 2 fully saturated rings. The number of aryl methyl sites for hydroxylation is 2. The first kappa shape index (κ1) is 24.6. The van der Waals surface area contributed by atoms with Gasteiger partial charge >= 0.3 is 0 Å². The Morgan fingerprint density at radius 1 is 1.16 bits per heavy atom. The molecule has 1 atom stereocenters. The molecule has 0 unspecified atom stereocenters. The second kappa shape index (κ2) is 9.75. The van der Waals surface area contributed by atoms with Crippen molar-refractivity contribution < 1.29 is 24.4 Å². The number of hydrogen-bond donors (Lipinski definition) is 1. The average Bonchev–Trinajstić information content (AvgIpc) is 3.37. The molecule has 11 nitrogen and oxygen atoms in total. The van der Waals surface area contributed by atoms with E-state index in [9.17, 15) is 24.8 Å². The number of amides is 1. The molecule has 1 aromatic carbocycles. The molecule has 0 spiro atoms. The number of pyridine rings is 1. The standard InChI is InChI=1S/C26H27N5O6/c1-16-5-4-8-29-21(17(2)27-25(16)29)23(32)20-22(18-6-3-7-19(15-18)31(35)36)30(26(34)24(20)33)10-9-28-11-13-37-14-12-28/h3-8,15,22,32H,9-14H2,1-2H3/b23-20+/t22-/m1/s1. The van der Waals surface area contributed by atoms with Crippen molar-refractivity contribution in [2.45, 2.75) is 19.9 Å². The Kier molecular flexibility index (Phi) is 6.48. The Morgan fingerprint density at radius 3 is 2.65 bits per heavy atom. The molecular formula is C26H27N5O6. The van der Waals surface area contributed by atoms with Gasteiger partial charge in [0.15, 0.2) is 5.76 Å². The molecule has 11 heteroatoms. The Balaban J connectivity index is 1.65. The highest BCUT2D eigenvalue weighted by Gasteiger charge is 2.47. The number of aromatic nitrogens is 2. The molecule has 0 bridgehead atoms. The summed E-state index contributed by atoms with van der Waals surface area (Å²) in [6, 6.07) is 8.54. The molecule has 0 aliphatic carbocycles. The van der Waals surface area contributed by atoms with Crippen LogP contribution in [0.5, 0.6) is 0 Å². The molecule has 1 amide bonds. The fourth-order valence-corrected chi connectivity index (χ4v) is 5.07. The van der Waals surface area contributed by atoms with E-state index >= 15 is 0 Å². The summed E-state index contributed by atoms with van der Waals surface area (Å²) in [4.78, 5) is 45.8. The molecule has 5 rings (SSSR count). The summed E-state index contributed by atoms with van der Waals surface area (Å²) in [7, 11) is 0. The van der Waals surface area contributed by atoms with Crippen LogP contribution >= 0.6 is 0 Å². The van der Waals surface area contributed by atoms with Crippen molar-refractivity contribution in [1.29, 1.82) is 0 Å². The molecule has 2 aliphatic rings. The monoisotopic (exact) mass is 505 g/mol. The number of benzene rings is 1. The van der Waals surface area contributed by atoms with Crippen LogP contribution in [0.1, 0.15) is 28.6 Å². The van der Waals surface area contributed by atoms with Crippen molar-refractivity contribution in [2.24, 2.45) is 0 Å². The largest absolute Gasteiger partial charge is 0.505 e. The minimum atomic E-state index is -0.990. The molecule has 2 aromatic heterocycles. The zero-order valence-electron chi connectivity index (χ0n) is 20.6. The lowest BCUT2D eigenvalue weighted by molar-refractivity contribution is -0.384. The summed E-state index contributed by atoms with van der Waals surface area (Å²) in [5.41, 5.74) is 2.39. The summed E-state index contributed by atoms with van der Waals surface area (Å²) in [5.74, 6) is -1.95. The molecule has 2 aliphatic heterocycles. The number of aliphatic hydroxyl groups excluding tert-OH is 1. The maximum Gasteiger partial charge on any atom is 0.295 e. The Bertz CT molecular complexity index is 1440. The van der Waals surface area contributed by atoms with Crippen LogP contribution in [-0.4, -0.2) is 80.3 Å². The summed E-state index contributed by atoms with van der Waals surface area (Å²) in [5, 5.41) is 23.1. The number of aliphatic hydroxyl groups is 1. The number of nitro groups is 1. The first-order chi connectivity index (χ1) is 17.8. The summed E-state index contributed by atoms with van der Waals surface area (Å²) in [6.07, 6.45) is 1.73. The maximum atomic E-state index is 13.4. The SMILES string of the molecule is Cc1nc2c(C)cccn2c1/C(O)=C1\C(=O)C(=O)N(CCN2CCOCC2)[C@@H]1c1cccc([N+](=O)[O-])c1. The predicted molar refractivity (Wildman–Crippen MR) is 134 cm³/mol. The number of rotatable bonds is 6. The summed E-state index contributed by atoms with van der Waals surface area (Å²) < 4.78 is 7.08. The lowest BCUT2D eigenvalue weighted by Gasteiger charge is -2.31. The normalized spacial score (nSPS) is 20.2. The van der Waals surface area contributed by atoms with Gasteiger partial charge in [-0.1, -0.05) is 18.2 Å². The highest BCUT2D eigenvalue weighted by molar-refractivity contribution is 6.46. The van der Waals surface area contributed by atoms with Gasteiger partial charge in [0.2, 0.25) is 0 Å². The van der Waals surface area contributed by atoms with E-state index in [0.29, 0.717) is 55.4 Å². The van der Waals surface area contributed by atoms with E-state index in [1.54, 1.807) is 29.7 Å². The number of carbonyl (C=O) groups excluding carboxylic acids is 2. The Hall–Kier alpha value is -4.09. The summed E-state index contributed by atoms with van der Waals surface area (Å²) in [6.45, 7) is 6.88. The fraction of sp³-hybridized carbons (Fsp3) is 0.346. The lowest BCUT2D eigenvalue weighted by Crippen LogP contribution is -2.42. The van der Waals surface area contributed by atoms with Crippen molar-refractivity contribution in [1.82, 2.24) is 19.2 Å². The Labute approximate surface area is 212 Å². The van der Waals surface area contributed by atoms with Crippen LogP contribution in [0.3, 0.4) is 0 Å². The van der Waals surface area contributed by atoms with Crippen LogP contribution < -0.4 is 0 Å². The van der Waals surface area contributed by atoms with Crippen molar-refractivity contribution >= 4 is 28.8 Å². The molecule has 192 valence electrons. The number of Topliss-reactive ketones (excluding diaryl/α,β-unsaturated/α-hetero) is 1. The highest BCUT2D eigenvalue weighted by Crippen LogP contribution is 2.40. The van der Waals surface area contributed by atoms with Crippen molar-refractivity contribution in [2.75, 3.05) is 39.4 Å². The number of non-ortho nitro benzene ring substituents is 1. The first-order valence-electron chi connectivity index (χ1n) is 12.1. The molecular weight excluding hydrogens is 478 g/mol. The van der Waals surface area contributed by atoms with Crippen molar-refractivity contribution in [3.63, 3.8) is 0 Å². The quantitative estimate of drug-likeness (QED) is 0.178. The number of carbonyl (C=O) groups is 2. The predicted octanol–water partition coefficient (Wildman–Crippen LogP) is 2.61. The van der Waals surface area contributed by atoms with Gasteiger partial charge in [-0.25, -0.2) is 4.98 Å². The smallest absolute Gasteiger partial charge is 0.295 e. The van der Waals surface area contributed by atoms with Gasteiger partial charge in [-0.05, 0) is 31.0 Å². The maximum absolute atomic E-state index is 13.4. The number of nitro benzene ring substituents is 1. The van der Waals surface area contributed by atoms with Crippen LogP contribution in [-0.2, 0) is 14.3 Å². The van der Waals surface area contributed by atoms with E-state index < -0.39 is 22.7 Å². The van der Waals surface area contributed by atoms with Gasteiger partial charge in [-0.2, -0.15) is 0 Å². The van der Waals surface area contributed by atoms with Gasteiger partial charge in [0.05, 0.1) is 35.4 Å². The molecule has 37 heavy (non-hydrogen) atoms. The summed E-state index contributed by atoms with van der Waals surface area (Å²) >= 11 is 0. The second-order valence-electron chi connectivity index (χ2n) is 9.23. The minimum Gasteiger partial charge on any atom is -0.505 e. The van der Waals surface area contributed by atoms with Gasteiger partial charge < -0.3 is 14.7 Å². The Morgan fingerprint density at radius 2 is 1.92 bits per heavy atom. The molecule has 0 saturated carbocycles. The number of ketones is 1. The van der Waals surface area contributed by atoms with E-state index in [1.807, 2.05) is 13.0 Å². The zero-order valence-corrected chi connectivity index (χ0v) is 20.6. The van der Waals surface area contributed by atoms with Gasteiger partial charge in [0.1, 0.15) is 11.3 Å². The molecule has 1 N–H and O–H groups in total. The van der Waals surface area contributed by atoms with Crippen molar-refractivity contribution in [3.05, 3.63) is 80.8 Å². The number of fused-ring (bicyclic) bond motifs is 1. The highest BCUT2D eigenvalue weighted by atomic mass is 16.6. The number of likely N-dealkylation sites (tertiary alicyclic amines) is 1.